The summed E-state index contributed by atoms with van der Waals surface area (Å²) in [6, 6.07) is 1.36. The Hall–Kier alpha value is -1.61. The smallest absolute Gasteiger partial charge is 0.416 e. The van der Waals surface area contributed by atoms with E-state index in [-0.39, 0.29) is 0 Å². The highest BCUT2D eigenvalue weighted by Crippen LogP contribution is 2.30. The molecule has 19 heavy (non-hydrogen) atoms. The maximum atomic E-state index is 12.4. The van der Waals surface area contributed by atoms with Crippen molar-refractivity contribution in [3.63, 3.8) is 0 Å². The molecule has 0 radical (unpaired) electrons. The molecule has 0 aliphatic rings. The number of carboxylic acids is 1. The number of alkyl halides is 3. The Labute approximate surface area is 106 Å². The van der Waals surface area contributed by atoms with Crippen molar-refractivity contribution in [2.24, 2.45) is 5.73 Å². The quantitative estimate of drug-likeness (QED) is 0.860. The third kappa shape index (κ3) is 3.93. The molecule has 9 heteroatoms. The summed E-state index contributed by atoms with van der Waals surface area (Å²) < 4.78 is 60.7. The first-order valence-corrected chi connectivity index (χ1v) is 6.57. The summed E-state index contributed by atoms with van der Waals surface area (Å²) in [6.45, 7) is 0. The van der Waals surface area contributed by atoms with E-state index >= 15 is 0 Å². The van der Waals surface area contributed by atoms with Crippen molar-refractivity contribution < 1.29 is 31.5 Å². The molecule has 0 bridgehead atoms. The number of sulfone groups is 1. The van der Waals surface area contributed by atoms with Crippen molar-refractivity contribution in [3.8, 4) is 0 Å². The van der Waals surface area contributed by atoms with Crippen LogP contribution >= 0.6 is 0 Å². The highest BCUT2D eigenvalue weighted by Gasteiger charge is 2.32. The topological polar surface area (TPSA) is 97.5 Å². The van der Waals surface area contributed by atoms with Crippen LogP contribution in [0.4, 0.5) is 13.2 Å². The van der Waals surface area contributed by atoms with E-state index in [1.807, 2.05) is 0 Å². The van der Waals surface area contributed by atoms with E-state index in [4.69, 9.17) is 10.8 Å². The summed E-state index contributed by atoms with van der Waals surface area (Å²) in [4.78, 5) is 9.85. The average molecular weight is 297 g/mol. The highest BCUT2D eigenvalue weighted by atomic mass is 32.2. The Morgan fingerprint density at radius 1 is 1.37 bits per heavy atom. The normalized spacial score (nSPS) is 14.1. The highest BCUT2D eigenvalue weighted by molar-refractivity contribution is 7.91. The van der Waals surface area contributed by atoms with Crippen molar-refractivity contribution in [3.05, 3.63) is 29.8 Å². The van der Waals surface area contributed by atoms with E-state index in [2.05, 4.69) is 0 Å². The van der Waals surface area contributed by atoms with E-state index < -0.39 is 44.2 Å². The fraction of sp³-hybridized carbons (Fsp3) is 0.300. The molecule has 0 saturated heterocycles. The van der Waals surface area contributed by atoms with Gasteiger partial charge in [-0.15, -0.1) is 0 Å². The fourth-order valence-corrected chi connectivity index (χ4v) is 2.67. The first-order valence-electron chi connectivity index (χ1n) is 4.92. The summed E-state index contributed by atoms with van der Waals surface area (Å²) in [7, 11) is -4.19. The molecule has 1 rings (SSSR count). The standard InChI is InChI=1S/C10H10F3NO4S/c11-10(12,13)6-2-1-3-7(4-6)19(17,18)5-8(14)9(15)16/h1-4,8H,5,14H2,(H,15,16)/t8-/m0/s1. The SMILES string of the molecule is N[C@@H](CS(=O)(=O)c1cccc(C(F)(F)F)c1)C(=O)O. The van der Waals surface area contributed by atoms with Crippen LogP contribution in [0.15, 0.2) is 29.2 Å². The molecule has 106 valence electrons. The number of halogens is 3. The first kappa shape index (κ1) is 15.4. The zero-order valence-corrected chi connectivity index (χ0v) is 10.2. The minimum absolute atomic E-state index is 0.448. The minimum Gasteiger partial charge on any atom is -0.480 e. The molecule has 0 amide bonds. The van der Waals surface area contributed by atoms with Gasteiger partial charge in [-0.1, -0.05) is 6.07 Å². The van der Waals surface area contributed by atoms with Crippen LogP contribution < -0.4 is 5.73 Å². The van der Waals surface area contributed by atoms with E-state index in [0.29, 0.717) is 6.07 Å². The lowest BCUT2D eigenvalue weighted by Gasteiger charge is -2.11. The molecular formula is C10H10F3NO4S. The average Bonchev–Trinajstić information content (AvgIpc) is 2.27. The van der Waals surface area contributed by atoms with Gasteiger partial charge in [0.25, 0.3) is 0 Å². The monoisotopic (exact) mass is 297 g/mol. The van der Waals surface area contributed by atoms with Crippen LogP contribution in [0.3, 0.4) is 0 Å². The zero-order valence-electron chi connectivity index (χ0n) is 9.39. The lowest BCUT2D eigenvalue weighted by atomic mass is 10.2. The van der Waals surface area contributed by atoms with Gasteiger partial charge < -0.3 is 10.8 Å². The van der Waals surface area contributed by atoms with Crippen LogP contribution in [0.5, 0.6) is 0 Å². The molecule has 0 aromatic heterocycles. The van der Waals surface area contributed by atoms with Gasteiger partial charge in [0.15, 0.2) is 9.84 Å². The Morgan fingerprint density at radius 2 is 1.95 bits per heavy atom. The van der Waals surface area contributed by atoms with Crippen LogP contribution in [0.25, 0.3) is 0 Å². The minimum atomic E-state index is -4.68. The van der Waals surface area contributed by atoms with E-state index in [0.717, 1.165) is 18.2 Å². The van der Waals surface area contributed by atoms with E-state index in [1.165, 1.54) is 0 Å². The number of hydrogen-bond donors (Lipinski definition) is 2. The van der Waals surface area contributed by atoms with Crippen molar-refractivity contribution in [2.75, 3.05) is 5.75 Å². The molecule has 0 saturated carbocycles. The molecule has 0 spiro atoms. The van der Waals surface area contributed by atoms with Gasteiger partial charge >= 0.3 is 12.1 Å². The summed E-state index contributed by atoms with van der Waals surface area (Å²) in [6.07, 6.45) is -4.68. The number of benzene rings is 1. The lowest BCUT2D eigenvalue weighted by molar-refractivity contribution is -0.138. The van der Waals surface area contributed by atoms with Crippen LogP contribution in [0, 0.1) is 0 Å². The van der Waals surface area contributed by atoms with Crippen molar-refractivity contribution in [1.29, 1.82) is 0 Å². The van der Waals surface area contributed by atoms with Gasteiger partial charge in [0.05, 0.1) is 16.2 Å². The molecule has 3 N–H and O–H groups in total. The Bertz CT molecular complexity index is 583. The van der Waals surface area contributed by atoms with Crippen molar-refractivity contribution in [1.82, 2.24) is 0 Å². The maximum absolute atomic E-state index is 12.4. The van der Waals surface area contributed by atoms with Gasteiger partial charge in [-0.25, -0.2) is 8.42 Å². The van der Waals surface area contributed by atoms with Crippen LogP contribution in [0.1, 0.15) is 5.56 Å². The molecule has 1 atom stereocenters. The van der Waals surface area contributed by atoms with Gasteiger partial charge in [-0.2, -0.15) is 13.2 Å². The molecule has 5 nitrogen and oxygen atoms in total. The molecule has 0 fully saturated rings. The van der Waals surface area contributed by atoms with Gasteiger partial charge in [0, 0.05) is 0 Å². The summed E-state index contributed by atoms with van der Waals surface area (Å²) in [5, 5.41) is 8.51. The zero-order chi connectivity index (χ0) is 14.8. The lowest BCUT2D eigenvalue weighted by Crippen LogP contribution is -2.37. The number of carbonyl (C=O) groups is 1. The number of rotatable bonds is 4. The predicted molar refractivity (Wildman–Crippen MR) is 59.1 cm³/mol. The number of carboxylic acid groups (broad SMARTS) is 1. The van der Waals surface area contributed by atoms with Gasteiger partial charge in [-0.05, 0) is 18.2 Å². The van der Waals surface area contributed by atoms with Crippen molar-refractivity contribution >= 4 is 15.8 Å². The second-order valence-corrected chi connectivity index (χ2v) is 5.79. The number of hydrogen-bond acceptors (Lipinski definition) is 4. The number of aliphatic carboxylic acids is 1. The first-order chi connectivity index (χ1) is 8.54. The fourth-order valence-electron chi connectivity index (χ4n) is 1.27. The van der Waals surface area contributed by atoms with Crippen LogP contribution in [-0.4, -0.2) is 31.3 Å². The predicted octanol–water partition coefficient (Wildman–Crippen LogP) is 0.891. The number of nitrogens with two attached hydrogens (primary N) is 1. The third-order valence-electron chi connectivity index (χ3n) is 2.24. The molecule has 1 aromatic carbocycles. The van der Waals surface area contributed by atoms with Gasteiger partial charge in [-0.3, -0.25) is 4.79 Å². The molecule has 0 aliphatic carbocycles. The Kier molecular flexibility index (Phi) is 4.21. The summed E-state index contributed by atoms with van der Waals surface area (Å²) >= 11 is 0. The van der Waals surface area contributed by atoms with Gasteiger partial charge in [0.2, 0.25) is 0 Å². The Balaban J connectivity index is 3.13. The second-order valence-electron chi connectivity index (χ2n) is 3.75. The Morgan fingerprint density at radius 3 is 2.42 bits per heavy atom. The second kappa shape index (κ2) is 5.17. The molecule has 0 heterocycles. The van der Waals surface area contributed by atoms with Crippen molar-refractivity contribution in [2.45, 2.75) is 17.1 Å². The van der Waals surface area contributed by atoms with Crippen LogP contribution in [0.2, 0.25) is 0 Å². The largest absolute Gasteiger partial charge is 0.480 e. The summed E-state index contributed by atoms with van der Waals surface area (Å²) in [5.41, 5.74) is 3.94. The van der Waals surface area contributed by atoms with Crippen LogP contribution in [-0.2, 0) is 20.8 Å². The molecular weight excluding hydrogens is 287 g/mol. The van der Waals surface area contributed by atoms with Gasteiger partial charge in [0.1, 0.15) is 6.04 Å². The molecule has 1 aromatic rings. The van der Waals surface area contributed by atoms with E-state index in [1.54, 1.807) is 0 Å². The maximum Gasteiger partial charge on any atom is 0.416 e. The third-order valence-corrected chi connectivity index (χ3v) is 4.01. The molecule has 0 aliphatic heterocycles. The van der Waals surface area contributed by atoms with E-state index in [9.17, 15) is 26.4 Å². The summed E-state index contributed by atoms with van der Waals surface area (Å²) in [5.74, 6) is -2.51. The molecule has 0 unspecified atom stereocenters.